The monoisotopic (exact) mass is 444 g/mol. The molecule has 0 unspecified atom stereocenters. The summed E-state index contributed by atoms with van der Waals surface area (Å²) in [6.45, 7) is 0.977. The molecule has 32 heavy (non-hydrogen) atoms. The van der Waals surface area contributed by atoms with Crippen LogP contribution in [0.2, 0.25) is 0 Å². The lowest BCUT2D eigenvalue weighted by Crippen LogP contribution is -2.28. The summed E-state index contributed by atoms with van der Waals surface area (Å²) >= 11 is 1.38. The molecule has 0 bridgehead atoms. The first-order valence-corrected chi connectivity index (χ1v) is 11.1. The van der Waals surface area contributed by atoms with E-state index < -0.39 is 0 Å². The molecule has 0 aliphatic carbocycles. The molecule has 6 heteroatoms. The standard InChI is InChI=1S/C26H24N2O3S/c1-30-22-13-14-23(31-2)21(15-22)16-24-25(29)28(18-20-11-7-4-8-12-20)26(32-24)27-17-19-9-5-3-6-10-19/h3-16H,17-18H2,1-2H3. The first-order chi connectivity index (χ1) is 15.7. The van der Waals surface area contributed by atoms with Crippen molar-refractivity contribution in [3.05, 3.63) is 100 Å². The first kappa shape index (κ1) is 21.7. The zero-order chi connectivity index (χ0) is 22.3. The number of amidine groups is 1. The summed E-state index contributed by atoms with van der Waals surface area (Å²) in [4.78, 5) is 20.5. The highest BCUT2D eigenvalue weighted by molar-refractivity contribution is 8.18. The van der Waals surface area contributed by atoms with Crippen LogP contribution < -0.4 is 9.47 Å². The minimum atomic E-state index is -0.0736. The van der Waals surface area contributed by atoms with Crippen LogP contribution in [-0.2, 0) is 17.9 Å². The summed E-state index contributed by atoms with van der Waals surface area (Å²) in [6.07, 6.45) is 1.84. The van der Waals surface area contributed by atoms with Gasteiger partial charge in [0.25, 0.3) is 5.91 Å². The lowest BCUT2D eigenvalue weighted by atomic mass is 10.1. The predicted molar refractivity (Wildman–Crippen MR) is 130 cm³/mol. The van der Waals surface area contributed by atoms with Crippen LogP contribution in [0.5, 0.6) is 11.5 Å². The van der Waals surface area contributed by atoms with Gasteiger partial charge in [-0.2, -0.15) is 0 Å². The Hall–Kier alpha value is -3.51. The third-order valence-electron chi connectivity index (χ3n) is 5.03. The fraction of sp³-hybridized carbons (Fsp3) is 0.154. The average molecular weight is 445 g/mol. The summed E-state index contributed by atoms with van der Waals surface area (Å²) in [7, 11) is 3.23. The Balaban J connectivity index is 1.67. The molecule has 1 aliphatic rings. The van der Waals surface area contributed by atoms with E-state index in [2.05, 4.69) is 0 Å². The summed E-state index contributed by atoms with van der Waals surface area (Å²) < 4.78 is 10.8. The van der Waals surface area contributed by atoms with E-state index in [0.717, 1.165) is 16.7 Å². The Labute approximate surface area is 192 Å². The minimum absolute atomic E-state index is 0.0736. The smallest absolute Gasteiger partial charge is 0.267 e. The number of rotatable bonds is 7. The maximum absolute atomic E-state index is 13.4. The largest absolute Gasteiger partial charge is 0.497 e. The van der Waals surface area contributed by atoms with Crippen LogP contribution in [0.3, 0.4) is 0 Å². The number of nitrogens with zero attached hydrogens (tertiary/aromatic N) is 2. The van der Waals surface area contributed by atoms with E-state index in [9.17, 15) is 4.79 Å². The maximum atomic E-state index is 13.4. The topological polar surface area (TPSA) is 51.1 Å². The number of hydrogen-bond acceptors (Lipinski definition) is 5. The molecule has 0 saturated carbocycles. The molecule has 0 N–H and O–H groups in total. The number of thioether (sulfide) groups is 1. The average Bonchev–Trinajstić information content (AvgIpc) is 3.13. The van der Waals surface area contributed by atoms with Crippen LogP contribution in [0.15, 0.2) is 88.8 Å². The highest BCUT2D eigenvalue weighted by Crippen LogP contribution is 2.36. The lowest BCUT2D eigenvalue weighted by Gasteiger charge is -2.15. The molecule has 1 saturated heterocycles. The molecule has 1 heterocycles. The van der Waals surface area contributed by atoms with Crippen molar-refractivity contribution in [2.24, 2.45) is 4.99 Å². The van der Waals surface area contributed by atoms with E-state index in [1.807, 2.05) is 84.9 Å². The van der Waals surface area contributed by atoms with E-state index in [1.54, 1.807) is 19.1 Å². The van der Waals surface area contributed by atoms with Crippen LogP contribution in [0.25, 0.3) is 6.08 Å². The minimum Gasteiger partial charge on any atom is -0.497 e. The maximum Gasteiger partial charge on any atom is 0.267 e. The van der Waals surface area contributed by atoms with Crippen molar-refractivity contribution in [1.82, 2.24) is 4.90 Å². The van der Waals surface area contributed by atoms with Gasteiger partial charge in [0.05, 0.1) is 32.2 Å². The van der Waals surface area contributed by atoms with Crippen molar-refractivity contribution in [2.75, 3.05) is 14.2 Å². The molecule has 1 aliphatic heterocycles. The zero-order valence-corrected chi connectivity index (χ0v) is 18.8. The van der Waals surface area contributed by atoms with Crippen LogP contribution in [0, 0.1) is 0 Å². The normalized spacial score (nSPS) is 16.1. The molecular formula is C26H24N2O3S. The second-order valence-corrected chi connectivity index (χ2v) is 8.19. The fourth-order valence-electron chi connectivity index (χ4n) is 3.37. The number of amides is 1. The zero-order valence-electron chi connectivity index (χ0n) is 18.0. The lowest BCUT2D eigenvalue weighted by molar-refractivity contribution is -0.122. The molecule has 162 valence electrons. The quantitative estimate of drug-likeness (QED) is 0.459. The van der Waals surface area contributed by atoms with Crippen molar-refractivity contribution in [3.63, 3.8) is 0 Å². The van der Waals surface area contributed by atoms with Gasteiger partial charge in [-0.25, -0.2) is 0 Å². The fourth-order valence-corrected chi connectivity index (χ4v) is 4.33. The second kappa shape index (κ2) is 10.2. The number of benzene rings is 3. The van der Waals surface area contributed by atoms with Gasteiger partial charge in [-0.1, -0.05) is 60.7 Å². The van der Waals surface area contributed by atoms with Crippen molar-refractivity contribution in [3.8, 4) is 11.5 Å². The van der Waals surface area contributed by atoms with E-state index in [1.165, 1.54) is 11.8 Å². The Morgan fingerprint density at radius 3 is 2.25 bits per heavy atom. The Kier molecular flexibility index (Phi) is 6.92. The van der Waals surface area contributed by atoms with Gasteiger partial charge in [-0.3, -0.25) is 14.7 Å². The molecule has 0 aromatic heterocycles. The summed E-state index contributed by atoms with van der Waals surface area (Å²) in [5, 5.41) is 0.691. The van der Waals surface area contributed by atoms with Crippen molar-refractivity contribution in [2.45, 2.75) is 13.1 Å². The summed E-state index contributed by atoms with van der Waals surface area (Å²) in [5.74, 6) is 1.30. The van der Waals surface area contributed by atoms with Gasteiger partial charge in [-0.05, 0) is 47.2 Å². The van der Waals surface area contributed by atoms with Gasteiger partial charge in [0.15, 0.2) is 5.17 Å². The van der Waals surface area contributed by atoms with Gasteiger partial charge in [0.2, 0.25) is 0 Å². The molecule has 4 rings (SSSR count). The van der Waals surface area contributed by atoms with E-state index in [-0.39, 0.29) is 5.91 Å². The molecule has 1 fully saturated rings. The van der Waals surface area contributed by atoms with Crippen LogP contribution >= 0.6 is 11.8 Å². The number of carbonyl (C=O) groups excluding carboxylic acids is 1. The number of carbonyl (C=O) groups is 1. The van der Waals surface area contributed by atoms with E-state index in [0.29, 0.717) is 34.7 Å². The molecule has 5 nitrogen and oxygen atoms in total. The highest BCUT2D eigenvalue weighted by Gasteiger charge is 2.33. The Bertz CT molecular complexity index is 1140. The van der Waals surface area contributed by atoms with Gasteiger partial charge >= 0.3 is 0 Å². The number of hydrogen-bond donors (Lipinski definition) is 0. The molecular weight excluding hydrogens is 420 g/mol. The third-order valence-corrected chi connectivity index (χ3v) is 6.08. The molecule has 0 spiro atoms. The second-order valence-electron chi connectivity index (χ2n) is 7.18. The van der Waals surface area contributed by atoms with Crippen LogP contribution in [-0.4, -0.2) is 30.2 Å². The molecule has 0 radical (unpaired) electrons. The Morgan fingerprint density at radius 2 is 1.59 bits per heavy atom. The predicted octanol–water partition coefficient (Wildman–Crippen LogP) is 5.38. The SMILES string of the molecule is COc1ccc(OC)c(C=C2SC(=NCc3ccccc3)N(Cc3ccccc3)C2=O)c1. The van der Waals surface area contributed by atoms with Gasteiger partial charge in [0.1, 0.15) is 11.5 Å². The summed E-state index contributed by atoms with van der Waals surface area (Å²) in [5.41, 5.74) is 2.93. The third kappa shape index (κ3) is 5.03. The number of aliphatic imine (C=N–C) groups is 1. The Morgan fingerprint density at radius 1 is 0.906 bits per heavy atom. The van der Waals surface area contributed by atoms with Crippen LogP contribution in [0.1, 0.15) is 16.7 Å². The van der Waals surface area contributed by atoms with E-state index in [4.69, 9.17) is 14.5 Å². The molecule has 3 aromatic carbocycles. The van der Waals surface area contributed by atoms with E-state index >= 15 is 0 Å². The highest BCUT2D eigenvalue weighted by atomic mass is 32.2. The number of methoxy groups -OCH3 is 2. The molecule has 3 aromatic rings. The molecule has 1 amide bonds. The number of ether oxygens (including phenoxy) is 2. The first-order valence-electron chi connectivity index (χ1n) is 10.2. The van der Waals surface area contributed by atoms with Crippen molar-refractivity contribution >= 4 is 28.9 Å². The van der Waals surface area contributed by atoms with Crippen molar-refractivity contribution in [1.29, 1.82) is 0 Å². The molecule has 0 atom stereocenters. The summed E-state index contributed by atoms with van der Waals surface area (Å²) in [6, 6.07) is 25.5. The van der Waals surface area contributed by atoms with Gasteiger partial charge in [-0.15, -0.1) is 0 Å². The van der Waals surface area contributed by atoms with Gasteiger partial charge < -0.3 is 9.47 Å². The van der Waals surface area contributed by atoms with Crippen molar-refractivity contribution < 1.29 is 14.3 Å². The van der Waals surface area contributed by atoms with Gasteiger partial charge in [0, 0.05) is 5.56 Å². The van der Waals surface area contributed by atoms with Crippen LogP contribution in [0.4, 0.5) is 0 Å².